The highest BCUT2D eigenvalue weighted by atomic mass is 16.5. The van der Waals surface area contributed by atoms with Crippen LogP contribution in [0.5, 0.6) is 5.75 Å². The van der Waals surface area contributed by atoms with Gasteiger partial charge in [0.2, 0.25) is 0 Å². The third-order valence-electron chi connectivity index (χ3n) is 3.68. The van der Waals surface area contributed by atoms with Crippen molar-refractivity contribution in [2.45, 2.75) is 13.3 Å². The Kier molecular flexibility index (Phi) is 6.63. The Bertz CT molecular complexity index is 667. The van der Waals surface area contributed by atoms with Crippen molar-refractivity contribution >= 4 is 11.7 Å². The lowest BCUT2D eigenvalue weighted by molar-refractivity contribution is 0.188. The second-order valence-corrected chi connectivity index (χ2v) is 5.42. The number of carbonyl (C=O) groups excluding carboxylic acids is 1. The minimum Gasteiger partial charge on any atom is -0.496 e. The van der Waals surface area contributed by atoms with Gasteiger partial charge in [-0.25, -0.2) is 4.79 Å². The zero-order chi connectivity index (χ0) is 17.4. The molecule has 0 radical (unpaired) electrons. The summed E-state index contributed by atoms with van der Waals surface area (Å²) < 4.78 is 5.40. The molecule has 0 atom stereocenters. The SMILES string of the molecule is CCCN(CCO)C(=O)Nc1cccc(-c2ccccc2OC)c1. The van der Waals surface area contributed by atoms with Crippen LogP contribution in [-0.2, 0) is 0 Å². The number of anilines is 1. The number of benzene rings is 2. The summed E-state index contributed by atoms with van der Waals surface area (Å²) in [5.41, 5.74) is 2.65. The number of hydrogen-bond acceptors (Lipinski definition) is 3. The number of amides is 2. The van der Waals surface area contributed by atoms with Gasteiger partial charge in [-0.3, -0.25) is 0 Å². The number of methoxy groups -OCH3 is 1. The van der Waals surface area contributed by atoms with Crippen LogP contribution in [0.15, 0.2) is 48.5 Å². The van der Waals surface area contributed by atoms with E-state index in [-0.39, 0.29) is 12.6 Å². The first-order chi connectivity index (χ1) is 11.7. The molecule has 0 unspecified atom stereocenters. The van der Waals surface area contributed by atoms with E-state index in [9.17, 15) is 4.79 Å². The number of nitrogens with one attached hydrogen (secondary N) is 1. The Morgan fingerprint density at radius 1 is 1.17 bits per heavy atom. The van der Waals surface area contributed by atoms with Crippen molar-refractivity contribution in [1.82, 2.24) is 4.90 Å². The minimum atomic E-state index is -0.205. The summed E-state index contributed by atoms with van der Waals surface area (Å²) in [7, 11) is 1.64. The molecule has 0 fully saturated rings. The van der Waals surface area contributed by atoms with Crippen LogP contribution in [0.25, 0.3) is 11.1 Å². The highest BCUT2D eigenvalue weighted by molar-refractivity contribution is 5.90. The van der Waals surface area contributed by atoms with Crippen LogP contribution >= 0.6 is 0 Å². The summed E-state index contributed by atoms with van der Waals surface area (Å²) in [6.07, 6.45) is 0.842. The number of hydrogen-bond donors (Lipinski definition) is 2. The second kappa shape index (κ2) is 8.93. The van der Waals surface area contributed by atoms with Crippen LogP contribution in [0, 0.1) is 0 Å². The molecule has 0 aliphatic carbocycles. The summed E-state index contributed by atoms with van der Waals surface area (Å²) in [5.74, 6) is 0.786. The number of nitrogens with zero attached hydrogens (tertiary/aromatic N) is 1. The van der Waals surface area contributed by atoms with Gasteiger partial charge in [0.15, 0.2) is 0 Å². The predicted molar refractivity (Wildman–Crippen MR) is 96.4 cm³/mol. The van der Waals surface area contributed by atoms with Crippen molar-refractivity contribution in [3.63, 3.8) is 0 Å². The number of aliphatic hydroxyl groups excluding tert-OH is 1. The van der Waals surface area contributed by atoms with Gasteiger partial charge in [0, 0.05) is 24.3 Å². The van der Waals surface area contributed by atoms with E-state index in [0.29, 0.717) is 18.8 Å². The molecule has 2 aromatic carbocycles. The van der Waals surface area contributed by atoms with Crippen LogP contribution in [0.1, 0.15) is 13.3 Å². The smallest absolute Gasteiger partial charge is 0.321 e. The van der Waals surface area contributed by atoms with E-state index in [0.717, 1.165) is 23.3 Å². The average molecular weight is 328 g/mol. The van der Waals surface area contributed by atoms with E-state index in [1.54, 1.807) is 12.0 Å². The van der Waals surface area contributed by atoms with Gasteiger partial charge in [-0.1, -0.05) is 37.3 Å². The summed E-state index contributed by atoms with van der Waals surface area (Å²) >= 11 is 0. The lowest BCUT2D eigenvalue weighted by atomic mass is 10.0. The van der Waals surface area contributed by atoms with Gasteiger partial charge < -0.3 is 20.1 Å². The molecule has 0 bridgehead atoms. The third kappa shape index (κ3) is 4.49. The number of rotatable bonds is 7. The normalized spacial score (nSPS) is 10.3. The van der Waals surface area contributed by atoms with E-state index < -0.39 is 0 Å². The number of ether oxygens (including phenoxy) is 1. The molecular weight excluding hydrogens is 304 g/mol. The van der Waals surface area contributed by atoms with Crippen LogP contribution < -0.4 is 10.1 Å². The largest absolute Gasteiger partial charge is 0.496 e. The Morgan fingerprint density at radius 3 is 2.67 bits per heavy atom. The van der Waals surface area contributed by atoms with Gasteiger partial charge >= 0.3 is 6.03 Å². The average Bonchev–Trinajstić information content (AvgIpc) is 2.61. The maximum absolute atomic E-state index is 12.3. The van der Waals surface area contributed by atoms with E-state index in [4.69, 9.17) is 9.84 Å². The topological polar surface area (TPSA) is 61.8 Å². The molecule has 0 aliphatic rings. The predicted octanol–water partition coefficient (Wildman–Crippen LogP) is 3.60. The van der Waals surface area contributed by atoms with E-state index in [2.05, 4.69) is 5.32 Å². The Morgan fingerprint density at radius 2 is 1.96 bits per heavy atom. The Balaban J connectivity index is 2.19. The molecule has 24 heavy (non-hydrogen) atoms. The van der Waals surface area contributed by atoms with Gasteiger partial charge in [-0.2, -0.15) is 0 Å². The highest BCUT2D eigenvalue weighted by Crippen LogP contribution is 2.31. The molecule has 0 aromatic heterocycles. The first kappa shape index (κ1) is 17.8. The zero-order valence-electron chi connectivity index (χ0n) is 14.2. The molecule has 2 N–H and O–H groups in total. The van der Waals surface area contributed by atoms with E-state index in [1.807, 2.05) is 55.5 Å². The molecule has 0 spiro atoms. The van der Waals surface area contributed by atoms with Crippen LogP contribution in [0.3, 0.4) is 0 Å². The molecule has 2 aromatic rings. The number of para-hydroxylation sites is 1. The maximum atomic E-state index is 12.3. The van der Waals surface area contributed by atoms with Gasteiger partial charge in [0.05, 0.1) is 13.7 Å². The number of carbonyl (C=O) groups is 1. The van der Waals surface area contributed by atoms with Crippen molar-refractivity contribution in [3.8, 4) is 16.9 Å². The molecule has 5 heteroatoms. The van der Waals surface area contributed by atoms with Crippen molar-refractivity contribution in [3.05, 3.63) is 48.5 Å². The van der Waals surface area contributed by atoms with Crippen molar-refractivity contribution in [2.75, 3.05) is 32.1 Å². The molecule has 5 nitrogen and oxygen atoms in total. The molecule has 0 saturated heterocycles. The monoisotopic (exact) mass is 328 g/mol. The number of urea groups is 1. The fourth-order valence-electron chi connectivity index (χ4n) is 2.56. The van der Waals surface area contributed by atoms with Crippen LogP contribution in [0.4, 0.5) is 10.5 Å². The van der Waals surface area contributed by atoms with Crippen molar-refractivity contribution < 1.29 is 14.6 Å². The van der Waals surface area contributed by atoms with Crippen LogP contribution in [0.2, 0.25) is 0 Å². The van der Waals surface area contributed by atoms with Crippen molar-refractivity contribution in [2.24, 2.45) is 0 Å². The number of aliphatic hydroxyl groups is 1. The van der Waals surface area contributed by atoms with E-state index in [1.165, 1.54) is 0 Å². The first-order valence-corrected chi connectivity index (χ1v) is 8.09. The van der Waals surface area contributed by atoms with Gasteiger partial charge in [-0.05, 0) is 30.2 Å². The Hall–Kier alpha value is -2.53. The Labute approximate surface area is 142 Å². The van der Waals surface area contributed by atoms with Gasteiger partial charge in [-0.15, -0.1) is 0 Å². The van der Waals surface area contributed by atoms with Crippen LogP contribution in [-0.4, -0.2) is 42.8 Å². The quantitative estimate of drug-likeness (QED) is 0.816. The molecule has 0 saturated carbocycles. The summed E-state index contributed by atoms with van der Waals surface area (Å²) in [6, 6.07) is 15.2. The fourth-order valence-corrected chi connectivity index (χ4v) is 2.56. The van der Waals surface area contributed by atoms with Gasteiger partial charge in [0.25, 0.3) is 0 Å². The fraction of sp³-hybridized carbons (Fsp3) is 0.316. The second-order valence-electron chi connectivity index (χ2n) is 5.42. The molecule has 0 aliphatic heterocycles. The first-order valence-electron chi connectivity index (χ1n) is 8.09. The summed E-state index contributed by atoms with van der Waals surface area (Å²) in [6.45, 7) is 2.89. The molecular formula is C19H24N2O3. The molecule has 128 valence electrons. The molecule has 0 heterocycles. The summed E-state index contributed by atoms with van der Waals surface area (Å²) in [4.78, 5) is 13.9. The molecule has 2 rings (SSSR count). The molecule has 2 amide bonds. The van der Waals surface area contributed by atoms with Crippen molar-refractivity contribution in [1.29, 1.82) is 0 Å². The lowest BCUT2D eigenvalue weighted by Crippen LogP contribution is -2.37. The lowest BCUT2D eigenvalue weighted by Gasteiger charge is -2.21. The summed E-state index contributed by atoms with van der Waals surface area (Å²) in [5, 5.41) is 12.0. The van der Waals surface area contributed by atoms with E-state index >= 15 is 0 Å². The third-order valence-corrected chi connectivity index (χ3v) is 3.68. The minimum absolute atomic E-state index is 0.0470. The van der Waals surface area contributed by atoms with Gasteiger partial charge in [0.1, 0.15) is 5.75 Å². The maximum Gasteiger partial charge on any atom is 0.321 e. The zero-order valence-corrected chi connectivity index (χ0v) is 14.2. The highest BCUT2D eigenvalue weighted by Gasteiger charge is 2.13. The standard InChI is InChI=1S/C19H24N2O3/c1-3-11-21(12-13-22)19(23)20-16-8-6-7-15(14-16)17-9-4-5-10-18(17)24-2/h4-10,14,22H,3,11-13H2,1-2H3,(H,20,23).